The quantitative estimate of drug-likeness (QED) is 0.730. The third-order valence-electron chi connectivity index (χ3n) is 3.99. The van der Waals surface area contributed by atoms with Crippen LogP contribution in [-0.4, -0.2) is 73.3 Å². The monoisotopic (exact) mass is 335 g/mol. The number of amides is 1. The van der Waals surface area contributed by atoms with Crippen molar-refractivity contribution in [1.29, 1.82) is 0 Å². The summed E-state index contributed by atoms with van der Waals surface area (Å²) in [4.78, 5) is 25.3. The van der Waals surface area contributed by atoms with Crippen molar-refractivity contribution in [2.45, 2.75) is 26.7 Å². The highest BCUT2D eigenvalue weighted by Gasteiger charge is 2.12. The largest absolute Gasteiger partial charge is 0.379 e. The summed E-state index contributed by atoms with van der Waals surface area (Å²) in [6, 6.07) is 0. The van der Waals surface area contributed by atoms with Gasteiger partial charge in [-0.3, -0.25) is 9.69 Å². The first kappa shape index (κ1) is 18.6. The number of nitrogens with zero attached hydrogens (tertiary/aromatic N) is 4. The van der Waals surface area contributed by atoms with Crippen LogP contribution in [0.5, 0.6) is 0 Å². The first-order chi connectivity index (χ1) is 11.7. The topological polar surface area (TPSA) is 70.6 Å². The Kier molecular flexibility index (Phi) is 7.91. The molecule has 0 radical (unpaired) electrons. The van der Waals surface area contributed by atoms with Gasteiger partial charge in [-0.1, -0.05) is 13.8 Å². The minimum atomic E-state index is -0.118. The number of nitrogens with one attached hydrogen (secondary N) is 1. The third kappa shape index (κ3) is 5.72. The molecule has 1 saturated heterocycles. The molecular weight excluding hydrogens is 306 g/mol. The van der Waals surface area contributed by atoms with Gasteiger partial charge in [-0.2, -0.15) is 0 Å². The summed E-state index contributed by atoms with van der Waals surface area (Å²) in [5.74, 6) is 0.580. The van der Waals surface area contributed by atoms with Crippen molar-refractivity contribution in [3.05, 3.63) is 18.0 Å². The number of carbonyl (C=O) groups excluding carboxylic acids is 1. The third-order valence-corrected chi connectivity index (χ3v) is 3.99. The number of hydrogen-bond donors (Lipinski definition) is 1. The maximum Gasteiger partial charge on any atom is 0.254 e. The Balaban J connectivity index is 1.81. The molecule has 2 rings (SSSR count). The second kappa shape index (κ2) is 10.2. The molecule has 7 heteroatoms. The summed E-state index contributed by atoms with van der Waals surface area (Å²) in [5.41, 5.74) is 0.508. The molecule has 0 aromatic carbocycles. The number of aromatic nitrogens is 2. The summed E-state index contributed by atoms with van der Waals surface area (Å²) in [7, 11) is 0. The molecule has 134 valence electrons. The van der Waals surface area contributed by atoms with E-state index >= 15 is 0 Å². The van der Waals surface area contributed by atoms with Gasteiger partial charge >= 0.3 is 0 Å². The molecule has 1 aliphatic heterocycles. The standard InChI is InChI=1S/C17H29N5O2/c1-3-6-22(7-4-2)17-19-13-15(14-20-17)16(23)18-5-8-21-9-11-24-12-10-21/h13-14H,3-12H2,1-2H3,(H,18,23). The van der Waals surface area contributed by atoms with Gasteiger partial charge in [0.25, 0.3) is 5.91 Å². The van der Waals surface area contributed by atoms with Crippen LogP contribution >= 0.6 is 0 Å². The van der Waals surface area contributed by atoms with Crippen molar-refractivity contribution < 1.29 is 9.53 Å². The van der Waals surface area contributed by atoms with Crippen LogP contribution in [0.1, 0.15) is 37.0 Å². The van der Waals surface area contributed by atoms with E-state index in [1.807, 2.05) is 0 Å². The Morgan fingerprint density at radius 1 is 1.21 bits per heavy atom. The summed E-state index contributed by atoms with van der Waals surface area (Å²) < 4.78 is 5.31. The molecule has 2 heterocycles. The molecule has 0 spiro atoms. The average molecular weight is 335 g/mol. The zero-order valence-electron chi connectivity index (χ0n) is 14.8. The lowest BCUT2D eigenvalue weighted by molar-refractivity contribution is 0.0383. The summed E-state index contributed by atoms with van der Waals surface area (Å²) in [5, 5.41) is 2.93. The lowest BCUT2D eigenvalue weighted by Gasteiger charge is -2.26. The van der Waals surface area contributed by atoms with Gasteiger partial charge in [0, 0.05) is 51.7 Å². The van der Waals surface area contributed by atoms with Gasteiger partial charge in [-0.25, -0.2) is 9.97 Å². The van der Waals surface area contributed by atoms with Gasteiger partial charge in [0.05, 0.1) is 18.8 Å². The second-order valence-corrected chi connectivity index (χ2v) is 5.97. The SMILES string of the molecule is CCCN(CCC)c1ncc(C(=O)NCCN2CCOCC2)cn1. The highest BCUT2D eigenvalue weighted by Crippen LogP contribution is 2.08. The number of anilines is 1. The molecule has 1 amide bonds. The summed E-state index contributed by atoms with van der Waals surface area (Å²) >= 11 is 0. The fourth-order valence-electron chi connectivity index (χ4n) is 2.71. The predicted molar refractivity (Wildman–Crippen MR) is 94.4 cm³/mol. The normalized spacial score (nSPS) is 15.2. The van der Waals surface area contributed by atoms with Crippen molar-refractivity contribution in [3.8, 4) is 0 Å². The Morgan fingerprint density at radius 3 is 2.42 bits per heavy atom. The molecule has 1 aliphatic rings. The predicted octanol–water partition coefficient (Wildman–Crippen LogP) is 1.17. The van der Waals surface area contributed by atoms with Gasteiger partial charge in [-0.05, 0) is 12.8 Å². The number of carbonyl (C=O) groups is 1. The fourth-order valence-corrected chi connectivity index (χ4v) is 2.71. The second-order valence-electron chi connectivity index (χ2n) is 5.97. The van der Waals surface area contributed by atoms with Gasteiger partial charge in [0.15, 0.2) is 0 Å². The Bertz CT molecular complexity index is 482. The Labute approximate surface area is 144 Å². The van der Waals surface area contributed by atoms with E-state index < -0.39 is 0 Å². The maximum atomic E-state index is 12.2. The molecule has 24 heavy (non-hydrogen) atoms. The molecule has 0 bridgehead atoms. The van der Waals surface area contributed by atoms with Crippen molar-refractivity contribution in [3.63, 3.8) is 0 Å². The zero-order chi connectivity index (χ0) is 17.2. The Morgan fingerprint density at radius 2 is 1.83 bits per heavy atom. The number of hydrogen-bond acceptors (Lipinski definition) is 6. The first-order valence-electron chi connectivity index (χ1n) is 8.89. The Hall–Kier alpha value is -1.73. The molecule has 1 N–H and O–H groups in total. The molecule has 0 atom stereocenters. The van der Waals surface area contributed by atoms with E-state index in [0.717, 1.165) is 58.8 Å². The molecular formula is C17H29N5O2. The molecule has 7 nitrogen and oxygen atoms in total. The van der Waals surface area contributed by atoms with Crippen LogP contribution in [0.25, 0.3) is 0 Å². The van der Waals surface area contributed by atoms with Gasteiger partial charge < -0.3 is 15.0 Å². The van der Waals surface area contributed by atoms with E-state index in [1.54, 1.807) is 12.4 Å². The van der Waals surface area contributed by atoms with Crippen LogP contribution in [0.4, 0.5) is 5.95 Å². The van der Waals surface area contributed by atoms with Gasteiger partial charge in [0.1, 0.15) is 0 Å². The number of rotatable bonds is 9. The highest BCUT2D eigenvalue weighted by molar-refractivity contribution is 5.93. The van der Waals surface area contributed by atoms with Crippen LogP contribution in [-0.2, 0) is 4.74 Å². The maximum absolute atomic E-state index is 12.2. The molecule has 0 saturated carbocycles. The van der Waals surface area contributed by atoms with Crippen LogP contribution in [0.3, 0.4) is 0 Å². The summed E-state index contributed by atoms with van der Waals surface area (Å²) in [6.45, 7) is 11.0. The van der Waals surface area contributed by atoms with Crippen LogP contribution < -0.4 is 10.2 Å². The first-order valence-corrected chi connectivity index (χ1v) is 8.89. The van der Waals surface area contributed by atoms with E-state index in [9.17, 15) is 4.79 Å². The minimum absolute atomic E-state index is 0.118. The van der Waals surface area contributed by atoms with Crippen LogP contribution in [0.2, 0.25) is 0 Å². The van der Waals surface area contributed by atoms with E-state index in [-0.39, 0.29) is 5.91 Å². The van der Waals surface area contributed by atoms with Crippen molar-refractivity contribution >= 4 is 11.9 Å². The number of ether oxygens (including phenoxy) is 1. The number of morpholine rings is 1. The van der Waals surface area contributed by atoms with Crippen LogP contribution in [0.15, 0.2) is 12.4 Å². The van der Waals surface area contributed by atoms with Crippen molar-refractivity contribution in [2.75, 3.05) is 57.4 Å². The molecule has 0 aliphatic carbocycles. The van der Waals surface area contributed by atoms with Crippen molar-refractivity contribution in [1.82, 2.24) is 20.2 Å². The molecule has 0 unspecified atom stereocenters. The smallest absolute Gasteiger partial charge is 0.254 e. The minimum Gasteiger partial charge on any atom is -0.379 e. The lowest BCUT2D eigenvalue weighted by atomic mass is 10.3. The van der Waals surface area contributed by atoms with Crippen molar-refractivity contribution in [2.24, 2.45) is 0 Å². The van der Waals surface area contributed by atoms with Gasteiger partial charge in [-0.15, -0.1) is 0 Å². The van der Waals surface area contributed by atoms with E-state index in [4.69, 9.17) is 4.74 Å². The van der Waals surface area contributed by atoms with E-state index in [2.05, 4.69) is 38.9 Å². The zero-order valence-corrected chi connectivity index (χ0v) is 14.8. The average Bonchev–Trinajstić information content (AvgIpc) is 2.62. The van der Waals surface area contributed by atoms with E-state index in [0.29, 0.717) is 18.1 Å². The summed E-state index contributed by atoms with van der Waals surface area (Å²) in [6.07, 6.45) is 5.33. The van der Waals surface area contributed by atoms with Crippen LogP contribution in [0, 0.1) is 0 Å². The molecule has 1 aromatic heterocycles. The van der Waals surface area contributed by atoms with Gasteiger partial charge in [0.2, 0.25) is 5.95 Å². The highest BCUT2D eigenvalue weighted by atomic mass is 16.5. The lowest BCUT2D eigenvalue weighted by Crippen LogP contribution is -2.41. The molecule has 1 aromatic rings. The molecule has 1 fully saturated rings. The van der Waals surface area contributed by atoms with E-state index in [1.165, 1.54) is 0 Å². The fraction of sp³-hybridized carbons (Fsp3) is 0.706.